The van der Waals surface area contributed by atoms with Crippen molar-refractivity contribution in [2.45, 2.75) is 82.8 Å². The van der Waals surface area contributed by atoms with Crippen molar-refractivity contribution >= 4 is 0 Å². The van der Waals surface area contributed by atoms with E-state index in [4.69, 9.17) is 4.74 Å². The van der Waals surface area contributed by atoms with Gasteiger partial charge in [0.1, 0.15) is 11.6 Å². The Morgan fingerprint density at radius 2 is 1.32 bits per heavy atom. The van der Waals surface area contributed by atoms with Gasteiger partial charge in [-0.3, -0.25) is 0 Å². The van der Waals surface area contributed by atoms with E-state index in [-0.39, 0.29) is 17.0 Å². The number of hydrogen-bond donors (Lipinski definition) is 0. The first-order valence-corrected chi connectivity index (χ1v) is 15.6. The second kappa shape index (κ2) is 14.5. The third-order valence-corrected chi connectivity index (χ3v) is 8.56. The molecule has 0 aromatic heterocycles. The highest BCUT2D eigenvalue weighted by molar-refractivity contribution is 5.71. The maximum Gasteiger partial charge on any atom is 0.573 e. The molecule has 1 aliphatic rings. The van der Waals surface area contributed by atoms with Crippen molar-refractivity contribution < 1.29 is 44.6 Å². The Hall–Kier alpha value is -3.92. The minimum Gasteiger partial charge on any atom is -0.403 e. The Morgan fingerprint density at radius 1 is 0.660 bits per heavy atom. The van der Waals surface area contributed by atoms with E-state index in [1.165, 1.54) is 24.3 Å². The van der Waals surface area contributed by atoms with Crippen LogP contribution in [0.15, 0.2) is 78.9 Å². The van der Waals surface area contributed by atoms with Crippen LogP contribution in [0.4, 0.5) is 35.1 Å². The van der Waals surface area contributed by atoms with Crippen LogP contribution in [0.5, 0.6) is 5.75 Å². The molecule has 250 valence electrons. The molecule has 4 aromatic carbocycles. The SMILES string of the molecule is CCCCCc1ccc(C(F)(F)OC2CCC(c3ccc(-c4ccc(-c5ccc(OC(F)(F)F)c(F)c5)c(F)c4)cc3)CC2)c(F)c1. The molecule has 0 radical (unpaired) electrons. The lowest BCUT2D eigenvalue weighted by Crippen LogP contribution is -2.30. The average molecular weight is 663 g/mol. The molecular formula is C37H34F8O2. The Bertz CT molecular complexity index is 1660. The summed E-state index contributed by atoms with van der Waals surface area (Å²) in [6.07, 6.45) is -4.03. The fourth-order valence-corrected chi connectivity index (χ4v) is 6.07. The number of aryl methyl sites for hydroxylation is 1. The van der Waals surface area contributed by atoms with Crippen LogP contribution in [-0.4, -0.2) is 12.5 Å². The monoisotopic (exact) mass is 662 g/mol. The van der Waals surface area contributed by atoms with Crippen LogP contribution in [0, 0.1) is 17.5 Å². The molecule has 47 heavy (non-hydrogen) atoms. The summed E-state index contributed by atoms with van der Waals surface area (Å²) >= 11 is 0. The number of alkyl halides is 5. The standard InChI is InChI=1S/C37H34F8O2/c1-2-3-4-5-23-6-18-31(33(39)20-23)36(41,42)46-29-15-11-25(12-16-29)24-7-9-26(10-8-24)27-13-17-30(32(38)21-27)28-14-19-35(34(40)22-28)47-37(43,44)45/h6-10,13-14,17-22,25,29H,2-5,11-12,15-16H2,1H3. The first kappa shape index (κ1) is 34.4. The van der Waals surface area contributed by atoms with E-state index in [0.717, 1.165) is 49.1 Å². The van der Waals surface area contributed by atoms with Gasteiger partial charge in [0, 0.05) is 5.56 Å². The van der Waals surface area contributed by atoms with Crippen LogP contribution in [0.25, 0.3) is 22.3 Å². The number of benzene rings is 4. The lowest BCUT2D eigenvalue weighted by molar-refractivity contribution is -0.278. The van der Waals surface area contributed by atoms with Crippen molar-refractivity contribution in [2.24, 2.45) is 0 Å². The predicted molar refractivity (Wildman–Crippen MR) is 164 cm³/mol. The maximum absolute atomic E-state index is 15.0. The summed E-state index contributed by atoms with van der Waals surface area (Å²) < 4.78 is 120. The highest BCUT2D eigenvalue weighted by Crippen LogP contribution is 2.40. The predicted octanol–water partition coefficient (Wildman–Crippen LogP) is 11.9. The van der Waals surface area contributed by atoms with E-state index < -0.39 is 47.3 Å². The van der Waals surface area contributed by atoms with E-state index >= 15 is 4.39 Å². The van der Waals surface area contributed by atoms with Gasteiger partial charge in [0.15, 0.2) is 11.6 Å². The minimum absolute atomic E-state index is 0.00884. The Kier molecular flexibility index (Phi) is 10.6. The molecule has 0 unspecified atom stereocenters. The molecule has 0 spiro atoms. The summed E-state index contributed by atoms with van der Waals surface area (Å²) in [5.41, 5.74) is 2.24. The van der Waals surface area contributed by atoms with E-state index in [0.29, 0.717) is 48.8 Å². The summed E-state index contributed by atoms with van der Waals surface area (Å²) in [5.74, 6) is -3.82. The van der Waals surface area contributed by atoms with E-state index in [1.54, 1.807) is 6.07 Å². The maximum atomic E-state index is 15.0. The quantitative estimate of drug-likeness (QED) is 0.118. The molecule has 1 aliphatic carbocycles. The summed E-state index contributed by atoms with van der Waals surface area (Å²) in [5, 5.41) is 0. The molecule has 0 aliphatic heterocycles. The van der Waals surface area contributed by atoms with Gasteiger partial charge >= 0.3 is 12.5 Å². The Labute approximate surface area is 268 Å². The molecule has 1 saturated carbocycles. The lowest BCUT2D eigenvalue weighted by atomic mass is 9.82. The number of ether oxygens (including phenoxy) is 2. The van der Waals surface area contributed by atoms with Crippen molar-refractivity contribution in [1.82, 2.24) is 0 Å². The molecule has 0 saturated heterocycles. The summed E-state index contributed by atoms with van der Waals surface area (Å²) in [6.45, 7) is 2.06. The van der Waals surface area contributed by atoms with Crippen LogP contribution in [0.2, 0.25) is 0 Å². The fourth-order valence-electron chi connectivity index (χ4n) is 6.07. The van der Waals surface area contributed by atoms with Crippen LogP contribution >= 0.6 is 0 Å². The summed E-state index contributed by atoms with van der Waals surface area (Å²) in [7, 11) is 0. The Morgan fingerprint density at radius 3 is 1.94 bits per heavy atom. The smallest absolute Gasteiger partial charge is 0.403 e. The topological polar surface area (TPSA) is 18.5 Å². The number of hydrogen-bond acceptors (Lipinski definition) is 2. The van der Waals surface area contributed by atoms with Crippen LogP contribution in [-0.2, 0) is 17.3 Å². The molecule has 0 heterocycles. The zero-order valence-corrected chi connectivity index (χ0v) is 25.7. The number of unbranched alkanes of at least 4 members (excludes halogenated alkanes) is 2. The number of halogens is 8. The highest BCUT2D eigenvalue weighted by atomic mass is 19.4. The first-order chi connectivity index (χ1) is 22.3. The summed E-state index contributed by atoms with van der Waals surface area (Å²) in [6, 6.07) is 18.3. The van der Waals surface area contributed by atoms with Gasteiger partial charge in [0.05, 0.1) is 11.7 Å². The second-order valence-corrected chi connectivity index (χ2v) is 11.9. The molecule has 1 fully saturated rings. The van der Waals surface area contributed by atoms with Crippen LogP contribution in [0.1, 0.15) is 74.5 Å². The molecule has 0 bridgehead atoms. The van der Waals surface area contributed by atoms with Crippen molar-refractivity contribution in [3.05, 3.63) is 113 Å². The highest BCUT2D eigenvalue weighted by Gasteiger charge is 2.40. The molecule has 0 atom stereocenters. The lowest BCUT2D eigenvalue weighted by Gasteiger charge is -2.31. The van der Waals surface area contributed by atoms with Gasteiger partial charge < -0.3 is 9.47 Å². The van der Waals surface area contributed by atoms with Crippen LogP contribution < -0.4 is 4.74 Å². The molecular weight excluding hydrogens is 628 g/mol. The van der Waals surface area contributed by atoms with E-state index in [1.807, 2.05) is 24.3 Å². The van der Waals surface area contributed by atoms with Gasteiger partial charge in [0.2, 0.25) is 0 Å². The van der Waals surface area contributed by atoms with E-state index in [9.17, 15) is 30.7 Å². The zero-order valence-electron chi connectivity index (χ0n) is 25.7. The van der Waals surface area contributed by atoms with Gasteiger partial charge in [-0.1, -0.05) is 68.3 Å². The second-order valence-electron chi connectivity index (χ2n) is 11.9. The van der Waals surface area contributed by atoms with Gasteiger partial charge in [-0.15, -0.1) is 13.2 Å². The normalized spacial score (nSPS) is 17.1. The number of rotatable bonds is 11. The summed E-state index contributed by atoms with van der Waals surface area (Å²) in [4.78, 5) is 0. The third-order valence-electron chi connectivity index (χ3n) is 8.56. The third kappa shape index (κ3) is 8.71. The molecule has 5 rings (SSSR count). The average Bonchev–Trinajstić information content (AvgIpc) is 3.02. The molecule has 10 heteroatoms. The van der Waals surface area contributed by atoms with E-state index in [2.05, 4.69) is 11.7 Å². The van der Waals surface area contributed by atoms with Gasteiger partial charge in [-0.25, -0.2) is 13.2 Å². The first-order valence-electron chi connectivity index (χ1n) is 15.6. The largest absolute Gasteiger partial charge is 0.573 e. The van der Waals surface area contributed by atoms with Crippen molar-refractivity contribution in [3.8, 4) is 28.0 Å². The van der Waals surface area contributed by atoms with Gasteiger partial charge in [-0.2, -0.15) is 8.78 Å². The van der Waals surface area contributed by atoms with Crippen molar-refractivity contribution in [3.63, 3.8) is 0 Å². The minimum atomic E-state index is -5.06. The molecule has 2 nitrogen and oxygen atoms in total. The van der Waals surface area contributed by atoms with Gasteiger partial charge in [0.25, 0.3) is 0 Å². The van der Waals surface area contributed by atoms with Gasteiger partial charge in [-0.05, 0) is 103 Å². The zero-order chi connectivity index (χ0) is 33.8. The molecule has 0 amide bonds. The molecule has 0 N–H and O–H groups in total. The fraction of sp³-hybridized carbons (Fsp3) is 0.351. The van der Waals surface area contributed by atoms with Crippen molar-refractivity contribution in [1.29, 1.82) is 0 Å². The van der Waals surface area contributed by atoms with Crippen LogP contribution in [0.3, 0.4) is 0 Å². The van der Waals surface area contributed by atoms with Crippen molar-refractivity contribution in [2.75, 3.05) is 0 Å². The Balaban J connectivity index is 1.18. The molecule has 4 aromatic rings.